The second kappa shape index (κ2) is 5.11. The first kappa shape index (κ1) is 16.7. The molecular formula is C22H34O2. The minimum Gasteiger partial charge on any atom is -0.462 e. The van der Waals surface area contributed by atoms with Gasteiger partial charge < -0.3 is 4.74 Å². The van der Waals surface area contributed by atoms with Gasteiger partial charge in [0.25, 0.3) is 0 Å². The van der Waals surface area contributed by atoms with Gasteiger partial charge >= 0.3 is 5.97 Å². The van der Waals surface area contributed by atoms with Crippen LogP contribution >= 0.6 is 0 Å². The summed E-state index contributed by atoms with van der Waals surface area (Å²) in [6.07, 6.45) is 10.5. The lowest BCUT2D eigenvalue weighted by Gasteiger charge is -2.65. The highest BCUT2D eigenvalue weighted by atomic mass is 16.5. The van der Waals surface area contributed by atoms with Crippen LogP contribution in [0, 0.1) is 34.0 Å². The Kier molecular flexibility index (Phi) is 3.55. The van der Waals surface area contributed by atoms with Gasteiger partial charge in [-0.15, -0.1) is 0 Å². The maximum Gasteiger partial charge on any atom is 0.302 e. The molecule has 2 bridgehead atoms. The average Bonchev–Trinajstić information content (AvgIpc) is 2.71. The molecule has 4 aliphatic rings. The molecule has 24 heavy (non-hydrogen) atoms. The largest absolute Gasteiger partial charge is 0.462 e. The molecule has 0 N–H and O–H groups in total. The van der Waals surface area contributed by atoms with Crippen molar-refractivity contribution in [1.82, 2.24) is 0 Å². The van der Waals surface area contributed by atoms with Crippen LogP contribution in [0.1, 0.15) is 79.1 Å². The third kappa shape index (κ3) is 2.10. The Morgan fingerprint density at radius 1 is 1.08 bits per heavy atom. The molecule has 0 aliphatic heterocycles. The molecule has 4 aliphatic carbocycles. The smallest absolute Gasteiger partial charge is 0.302 e. The van der Waals surface area contributed by atoms with Gasteiger partial charge in [0, 0.05) is 12.3 Å². The molecule has 0 aromatic rings. The summed E-state index contributed by atoms with van der Waals surface area (Å²) in [5.41, 5.74) is 2.60. The van der Waals surface area contributed by atoms with Gasteiger partial charge in [0.15, 0.2) is 0 Å². The third-order valence-electron chi connectivity index (χ3n) is 8.86. The van der Waals surface area contributed by atoms with Gasteiger partial charge in [-0.25, -0.2) is 0 Å². The van der Waals surface area contributed by atoms with Crippen LogP contribution in [0.5, 0.6) is 0 Å². The number of carbonyl (C=O) groups excluding carboxylic acids is 1. The second-order valence-corrected chi connectivity index (χ2v) is 10.3. The third-order valence-corrected chi connectivity index (χ3v) is 8.86. The van der Waals surface area contributed by atoms with Gasteiger partial charge in [-0.05, 0) is 80.0 Å². The first-order valence-electron chi connectivity index (χ1n) is 10.0. The average molecular weight is 331 g/mol. The van der Waals surface area contributed by atoms with E-state index in [0.717, 1.165) is 18.3 Å². The Labute approximate surface area is 147 Å². The van der Waals surface area contributed by atoms with Gasteiger partial charge in [0.2, 0.25) is 0 Å². The zero-order valence-corrected chi connectivity index (χ0v) is 16.0. The number of carbonyl (C=O) groups is 1. The second-order valence-electron chi connectivity index (χ2n) is 10.3. The van der Waals surface area contributed by atoms with Crippen molar-refractivity contribution in [2.24, 2.45) is 34.0 Å². The Morgan fingerprint density at radius 3 is 2.54 bits per heavy atom. The molecule has 0 saturated heterocycles. The molecule has 0 heterocycles. The lowest BCUT2D eigenvalue weighted by atomic mass is 9.41. The SMILES string of the molecule is C=C1C[C@@]23CC[C@@H]4C(C)(C)[C@H](OC(C)=O)CC[C@@]4(C)[C@H]2CC[C@@H]1C3. The molecule has 4 rings (SSSR count). The van der Waals surface area contributed by atoms with Crippen LogP contribution in [0.3, 0.4) is 0 Å². The van der Waals surface area contributed by atoms with Crippen molar-refractivity contribution in [2.45, 2.75) is 85.2 Å². The Hall–Kier alpha value is -0.790. The highest BCUT2D eigenvalue weighted by molar-refractivity contribution is 5.66. The molecule has 0 amide bonds. The highest BCUT2D eigenvalue weighted by Crippen LogP contribution is 2.72. The van der Waals surface area contributed by atoms with E-state index in [1.165, 1.54) is 44.9 Å². The summed E-state index contributed by atoms with van der Waals surface area (Å²) in [5, 5.41) is 0. The van der Waals surface area contributed by atoms with Crippen molar-refractivity contribution in [2.75, 3.05) is 0 Å². The predicted molar refractivity (Wildman–Crippen MR) is 96.4 cm³/mol. The van der Waals surface area contributed by atoms with E-state index < -0.39 is 0 Å². The number of ether oxygens (including phenoxy) is 1. The molecule has 1 spiro atoms. The molecule has 6 atom stereocenters. The fourth-order valence-electron chi connectivity index (χ4n) is 7.97. The monoisotopic (exact) mass is 330 g/mol. The lowest BCUT2D eigenvalue weighted by molar-refractivity contribution is -0.197. The molecular weight excluding hydrogens is 296 g/mol. The summed E-state index contributed by atoms with van der Waals surface area (Å²) < 4.78 is 5.76. The molecule has 0 aromatic carbocycles. The number of hydrogen-bond acceptors (Lipinski definition) is 2. The normalized spacial score (nSPS) is 49.2. The van der Waals surface area contributed by atoms with Crippen LogP contribution in [0.4, 0.5) is 0 Å². The van der Waals surface area contributed by atoms with E-state index in [4.69, 9.17) is 4.74 Å². The van der Waals surface area contributed by atoms with Gasteiger partial charge in [-0.2, -0.15) is 0 Å². The summed E-state index contributed by atoms with van der Waals surface area (Å²) in [6, 6.07) is 0. The Balaban J connectivity index is 1.67. The molecule has 0 aromatic heterocycles. The van der Waals surface area contributed by atoms with Crippen LogP contribution in [0.25, 0.3) is 0 Å². The fourth-order valence-corrected chi connectivity index (χ4v) is 7.97. The van der Waals surface area contributed by atoms with E-state index >= 15 is 0 Å². The fraction of sp³-hybridized carbons (Fsp3) is 0.864. The predicted octanol–water partition coefficient (Wildman–Crippen LogP) is 5.52. The minimum absolute atomic E-state index is 0.0900. The number of rotatable bonds is 1. The van der Waals surface area contributed by atoms with Crippen molar-refractivity contribution in [1.29, 1.82) is 0 Å². The topological polar surface area (TPSA) is 26.3 Å². The van der Waals surface area contributed by atoms with Crippen molar-refractivity contribution < 1.29 is 9.53 Å². The summed E-state index contributed by atoms with van der Waals surface area (Å²) in [5.74, 6) is 2.21. The molecule has 134 valence electrons. The number of fused-ring (bicyclic) bond motifs is 3. The van der Waals surface area contributed by atoms with Crippen molar-refractivity contribution in [3.8, 4) is 0 Å². The summed E-state index contributed by atoms with van der Waals surface area (Å²) in [7, 11) is 0. The summed E-state index contributed by atoms with van der Waals surface area (Å²) >= 11 is 0. The van der Waals surface area contributed by atoms with E-state index in [2.05, 4.69) is 27.4 Å². The lowest BCUT2D eigenvalue weighted by Crippen LogP contribution is -2.59. The maximum absolute atomic E-state index is 11.6. The van der Waals surface area contributed by atoms with Crippen molar-refractivity contribution in [3.05, 3.63) is 12.2 Å². The molecule has 2 nitrogen and oxygen atoms in total. The number of esters is 1. The van der Waals surface area contributed by atoms with Crippen molar-refractivity contribution >= 4 is 5.97 Å². The minimum atomic E-state index is -0.114. The van der Waals surface area contributed by atoms with Crippen LogP contribution in [-0.2, 0) is 9.53 Å². The van der Waals surface area contributed by atoms with E-state index in [1.807, 2.05) is 0 Å². The molecule has 4 saturated carbocycles. The van der Waals surface area contributed by atoms with Gasteiger partial charge in [0.05, 0.1) is 0 Å². The van der Waals surface area contributed by atoms with E-state index in [0.29, 0.717) is 16.7 Å². The van der Waals surface area contributed by atoms with Gasteiger partial charge in [0.1, 0.15) is 6.10 Å². The number of allylic oxidation sites excluding steroid dienone is 1. The Bertz CT molecular complexity index is 577. The summed E-state index contributed by atoms with van der Waals surface area (Å²) in [6.45, 7) is 13.3. The standard InChI is InChI=1S/C22H34O2/c1-14-12-22-11-8-17-20(3,4)19(24-15(2)23)9-10-21(17,5)18(22)7-6-16(14)13-22/h16-19H,1,6-13H2,2-5H3/t16-,17-,18-,19-,21-,22-/m1/s1. The number of hydrogen-bond donors (Lipinski definition) is 0. The first-order chi connectivity index (χ1) is 11.2. The van der Waals surface area contributed by atoms with E-state index in [1.54, 1.807) is 12.5 Å². The van der Waals surface area contributed by atoms with Crippen molar-refractivity contribution in [3.63, 3.8) is 0 Å². The van der Waals surface area contributed by atoms with Gasteiger partial charge in [-0.1, -0.05) is 32.9 Å². The highest BCUT2D eigenvalue weighted by Gasteiger charge is 2.64. The molecule has 0 unspecified atom stereocenters. The van der Waals surface area contributed by atoms with Crippen LogP contribution < -0.4 is 0 Å². The zero-order valence-electron chi connectivity index (χ0n) is 16.0. The van der Waals surface area contributed by atoms with E-state index in [-0.39, 0.29) is 17.5 Å². The zero-order chi connectivity index (χ0) is 17.3. The van der Waals surface area contributed by atoms with Crippen LogP contribution in [0.2, 0.25) is 0 Å². The molecule has 0 radical (unpaired) electrons. The summed E-state index contributed by atoms with van der Waals surface area (Å²) in [4.78, 5) is 11.6. The maximum atomic E-state index is 11.6. The molecule has 4 fully saturated rings. The van der Waals surface area contributed by atoms with Crippen LogP contribution in [-0.4, -0.2) is 12.1 Å². The first-order valence-corrected chi connectivity index (χ1v) is 10.0. The van der Waals surface area contributed by atoms with E-state index in [9.17, 15) is 4.79 Å². The molecule has 2 heteroatoms. The Morgan fingerprint density at radius 2 is 1.83 bits per heavy atom. The quantitative estimate of drug-likeness (QED) is 0.467. The van der Waals surface area contributed by atoms with Crippen LogP contribution in [0.15, 0.2) is 12.2 Å². The van der Waals surface area contributed by atoms with Gasteiger partial charge in [-0.3, -0.25) is 4.79 Å².